The molecule has 8 heteroatoms. The van der Waals surface area contributed by atoms with Gasteiger partial charge in [0.2, 0.25) is 0 Å². The summed E-state index contributed by atoms with van der Waals surface area (Å²) in [6.07, 6.45) is 0. The third-order valence-corrected chi connectivity index (χ3v) is 5.01. The average molecular weight is 447 g/mol. The van der Waals surface area contributed by atoms with Crippen molar-refractivity contribution in [2.45, 2.75) is 11.8 Å². The Hall–Kier alpha value is -1.57. The Morgan fingerprint density at radius 2 is 2.04 bits per heavy atom. The number of carbonyl (C=O) groups excluding carboxylic acids is 2. The molecule has 2 aromatic carbocycles. The van der Waals surface area contributed by atoms with Gasteiger partial charge < -0.3 is 10.1 Å². The zero-order valence-corrected chi connectivity index (χ0v) is 16.3. The summed E-state index contributed by atoms with van der Waals surface area (Å²) in [5.41, 5.74) is 1.29. The Bertz CT molecular complexity index is 803. The van der Waals surface area contributed by atoms with Gasteiger partial charge in [-0.2, -0.15) is 0 Å². The van der Waals surface area contributed by atoms with Crippen LogP contribution in [-0.2, 0) is 14.3 Å². The van der Waals surface area contributed by atoms with Crippen molar-refractivity contribution < 1.29 is 18.7 Å². The highest BCUT2D eigenvalue weighted by molar-refractivity contribution is 9.10. The molecule has 0 unspecified atom stereocenters. The second kappa shape index (κ2) is 9.22. The lowest BCUT2D eigenvalue weighted by Crippen LogP contribution is -2.21. The van der Waals surface area contributed by atoms with Crippen LogP contribution in [0, 0.1) is 12.7 Å². The molecule has 2 aromatic rings. The lowest BCUT2D eigenvalue weighted by Gasteiger charge is -2.09. The van der Waals surface area contributed by atoms with Gasteiger partial charge in [-0.05, 0) is 48.9 Å². The van der Waals surface area contributed by atoms with Crippen LogP contribution in [-0.4, -0.2) is 24.2 Å². The molecule has 132 valence electrons. The highest BCUT2D eigenvalue weighted by Gasteiger charge is 2.11. The molecule has 0 radical (unpaired) electrons. The normalized spacial score (nSPS) is 10.4. The number of halogens is 3. The largest absolute Gasteiger partial charge is 0.455 e. The van der Waals surface area contributed by atoms with E-state index >= 15 is 0 Å². The summed E-state index contributed by atoms with van der Waals surface area (Å²) in [6, 6.07) is 9.34. The summed E-state index contributed by atoms with van der Waals surface area (Å²) in [7, 11) is 0. The summed E-state index contributed by atoms with van der Waals surface area (Å²) in [4.78, 5) is 24.5. The average Bonchev–Trinajstić information content (AvgIpc) is 2.55. The van der Waals surface area contributed by atoms with E-state index in [1.807, 2.05) is 25.1 Å². The van der Waals surface area contributed by atoms with Crippen LogP contribution >= 0.6 is 39.3 Å². The molecule has 0 fully saturated rings. The van der Waals surface area contributed by atoms with Crippen molar-refractivity contribution in [2.24, 2.45) is 0 Å². The van der Waals surface area contributed by atoms with Gasteiger partial charge in [-0.3, -0.25) is 9.59 Å². The number of benzene rings is 2. The molecule has 0 aliphatic carbocycles. The van der Waals surface area contributed by atoms with Crippen molar-refractivity contribution in [3.8, 4) is 0 Å². The number of amides is 1. The molecule has 1 amide bonds. The third kappa shape index (κ3) is 6.34. The summed E-state index contributed by atoms with van der Waals surface area (Å²) < 4.78 is 18.8. The van der Waals surface area contributed by atoms with Crippen molar-refractivity contribution in [1.29, 1.82) is 0 Å². The predicted molar refractivity (Wildman–Crippen MR) is 101 cm³/mol. The highest BCUT2D eigenvalue weighted by Crippen LogP contribution is 2.25. The fourth-order valence-electron chi connectivity index (χ4n) is 1.88. The number of esters is 1. The van der Waals surface area contributed by atoms with E-state index in [0.29, 0.717) is 0 Å². The van der Waals surface area contributed by atoms with Crippen molar-refractivity contribution in [1.82, 2.24) is 0 Å². The van der Waals surface area contributed by atoms with E-state index in [0.717, 1.165) is 21.0 Å². The van der Waals surface area contributed by atoms with Crippen LogP contribution in [0.25, 0.3) is 0 Å². The van der Waals surface area contributed by atoms with E-state index < -0.39 is 24.3 Å². The summed E-state index contributed by atoms with van der Waals surface area (Å²) in [5, 5.41) is 2.53. The van der Waals surface area contributed by atoms with Gasteiger partial charge in [0.15, 0.2) is 6.61 Å². The van der Waals surface area contributed by atoms with Crippen molar-refractivity contribution >= 4 is 56.9 Å². The Balaban J connectivity index is 1.78. The molecular weight excluding hydrogens is 433 g/mol. The summed E-state index contributed by atoms with van der Waals surface area (Å²) in [5.74, 6) is -1.47. The Kier molecular flexibility index (Phi) is 7.28. The second-order valence-corrected chi connectivity index (χ2v) is 7.37. The van der Waals surface area contributed by atoms with Crippen molar-refractivity contribution in [3.05, 3.63) is 57.3 Å². The van der Waals surface area contributed by atoms with Crippen LogP contribution < -0.4 is 5.32 Å². The van der Waals surface area contributed by atoms with E-state index in [9.17, 15) is 14.0 Å². The fraction of sp³-hybridized carbons (Fsp3) is 0.176. The molecule has 0 heterocycles. The smallest absolute Gasteiger partial charge is 0.316 e. The van der Waals surface area contributed by atoms with Gasteiger partial charge in [0.1, 0.15) is 5.82 Å². The molecule has 0 saturated carbocycles. The van der Waals surface area contributed by atoms with Gasteiger partial charge in [-0.25, -0.2) is 4.39 Å². The first-order chi connectivity index (χ1) is 11.8. The number of carbonyl (C=O) groups is 2. The fourth-order valence-corrected chi connectivity index (χ4v) is 3.37. The minimum atomic E-state index is -0.549. The first-order valence-electron chi connectivity index (χ1n) is 7.14. The van der Waals surface area contributed by atoms with E-state index in [1.165, 1.54) is 23.9 Å². The van der Waals surface area contributed by atoms with Crippen LogP contribution in [0.2, 0.25) is 5.02 Å². The molecule has 0 aromatic heterocycles. The standard InChI is InChI=1S/C17H14BrClFNO3S/c1-10-6-11(18)2-5-15(10)25-9-17(23)24-8-16(22)21-14-4-3-12(20)7-13(14)19/h2-7H,8-9H2,1H3,(H,21,22). The molecule has 0 spiro atoms. The minimum Gasteiger partial charge on any atom is -0.455 e. The van der Waals surface area contributed by atoms with Crippen molar-refractivity contribution in [3.63, 3.8) is 0 Å². The molecule has 0 atom stereocenters. The maximum absolute atomic E-state index is 12.9. The number of hydrogen-bond donors (Lipinski definition) is 1. The molecule has 25 heavy (non-hydrogen) atoms. The van der Waals surface area contributed by atoms with Crippen LogP contribution in [0.3, 0.4) is 0 Å². The van der Waals surface area contributed by atoms with Crippen LogP contribution in [0.15, 0.2) is 45.8 Å². The van der Waals surface area contributed by atoms with Gasteiger partial charge >= 0.3 is 5.97 Å². The zero-order chi connectivity index (χ0) is 18.4. The molecule has 0 bridgehead atoms. The molecular formula is C17H14BrClFNO3S. The van der Waals surface area contributed by atoms with Gasteiger partial charge in [0.05, 0.1) is 16.5 Å². The molecule has 0 saturated heterocycles. The predicted octanol–water partition coefficient (Wildman–Crippen LogP) is 4.82. The van der Waals surface area contributed by atoms with Crippen LogP contribution in [0.4, 0.5) is 10.1 Å². The molecule has 0 aliphatic heterocycles. The number of rotatable bonds is 6. The topological polar surface area (TPSA) is 55.4 Å². The number of anilines is 1. The molecule has 4 nitrogen and oxygen atoms in total. The lowest BCUT2D eigenvalue weighted by molar-refractivity contribution is -0.144. The van der Waals surface area contributed by atoms with E-state index in [4.69, 9.17) is 16.3 Å². The van der Waals surface area contributed by atoms with E-state index in [1.54, 1.807) is 0 Å². The molecule has 1 N–H and O–H groups in total. The van der Waals surface area contributed by atoms with E-state index in [2.05, 4.69) is 21.2 Å². The summed E-state index contributed by atoms with van der Waals surface area (Å²) in [6.45, 7) is 1.50. The monoisotopic (exact) mass is 445 g/mol. The van der Waals surface area contributed by atoms with Gasteiger partial charge in [0.25, 0.3) is 5.91 Å². The Morgan fingerprint density at radius 3 is 2.72 bits per heavy atom. The van der Waals surface area contributed by atoms with Crippen molar-refractivity contribution in [2.75, 3.05) is 17.7 Å². The van der Waals surface area contributed by atoms with Crippen LogP contribution in [0.5, 0.6) is 0 Å². The Morgan fingerprint density at radius 1 is 1.28 bits per heavy atom. The zero-order valence-electron chi connectivity index (χ0n) is 13.1. The molecule has 2 rings (SSSR count). The number of hydrogen-bond acceptors (Lipinski definition) is 4. The lowest BCUT2D eigenvalue weighted by atomic mass is 10.2. The number of nitrogens with one attached hydrogen (secondary N) is 1. The Labute approximate surface area is 162 Å². The highest BCUT2D eigenvalue weighted by atomic mass is 79.9. The number of ether oxygens (including phenoxy) is 1. The van der Waals surface area contributed by atoms with Gasteiger partial charge in [0, 0.05) is 9.37 Å². The third-order valence-electron chi connectivity index (χ3n) is 3.05. The number of aryl methyl sites for hydroxylation is 1. The minimum absolute atomic E-state index is 0.0703. The van der Waals surface area contributed by atoms with Crippen LogP contribution in [0.1, 0.15) is 5.56 Å². The maximum atomic E-state index is 12.9. The summed E-state index contributed by atoms with van der Waals surface area (Å²) >= 11 is 10.5. The van der Waals surface area contributed by atoms with Gasteiger partial charge in [-0.15, -0.1) is 11.8 Å². The second-order valence-electron chi connectivity index (χ2n) is 5.03. The first kappa shape index (κ1) is 19.8. The quantitative estimate of drug-likeness (QED) is 0.510. The van der Waals surface area contributed by atoms with Gasteiger partial charge in [-0.1, -0.05) is 27.5 Å². The number of thioether (sulfide) groups is 1. The SMILES string of the molecule is Cc1cc(Br)ccc1SCC(=O)OCC(=O)Nc1ccc(F)cc1Cl. The maximum Gasteiger partial charge on any atom is 0.316 e. The van der Waals surface area contributed by atoms with E-state index in [-0.39, 0.29) is 16.5 Å². The molecule has 0 aliphatic rings. The first-order valence-corrected chi connectivity index (χ1v) is 9.30.